The molecule has 1 fully saturated rings. The lowest BCUT2D eigenvalue weighted by atomic mass is 9.89. The van der Waals surface area contributed by atoms with Crippen LogP contribution in [-0.4, -0.2) is 52.6 Å². The van der Waals surface area contributed by atoms with E-state index in [1.165, 1.54) is 22.1 Å². The molecule has 1 amide bonds. The van der Waals surface area contributed by atoms with E-state index >= 15 is 0 Å². The van der Waals surface area contributed by atoms with Crippen molar-refractivity contribution >= 4 is 5.91 Å². The normalized spacial score (nSPS) is 19.3. The Morgan fingerprint density at radius 3 is 2.46 bits per heavy atom. The lowest BCUT2D eigenvalue weighted by Crippen LogP contribution is -2.52. The van der Waals surface area contributed by atoms with Crippen LogP contribution >= 0.6 is 0 Å². The van der Waals surface area contributed by atoms with E-state index in [0.717, 1.165) is 31.6 Å². The van der Waals surface area contributed by atoms with Crippen LogP contribution in [0, 0.1) is 11.6 Å². The lowest BCUT2D eigenvalue weighted by molar-refractivity contribution is -0.0431. The molecule has 0 radical (unpaired) electrons. The van der Waals surface area contributed by atoms with Crippen LogP contribution in [0.5, 0.6) is 0 Å². The zero-order chi connectivity index (χ0) is 19.7. The number of nitrogens with zero attached hydrogens (tertiary/aromatic N) is 2. The first-order chi connectivity index (χ1) is 13.4. The highest BCUT2D eigenvalue weighted by atomic mass is 19.1. The molecule has 0 unspecified atom stereocenters. The number of halogens is 2. The quantitative estimate of drug-likeness (QED) is 0.882. The van der Waals surface area contributed by atoms with Crippen LogP contribution in [0.15, 0.2) is 42.5 Å². The Morgan fingerprint density at radius 2 is 1.75 bits per heavy atom. The van der Waals surface area contributed by atoms with Gasteiger partial charge in [-0.05, 0) is 42.5 Å². The van der Waals surface area contributed by atoms with Crippen LogP contribution in [0.4, 0.5) is 8.78 Å². The van der Waals surface area contributed by atoms with Crippen LogP contribution in [0.2, 0.25) is 0 Å². The van der Waals surface area contributed by atoms with Gasteiger partial charge in [0.25, 0.3) is 5.91 Å². The summed E-state index contributed by atoms with van der Waals surface area (Å²) in [5.74, 6) is -2.01. The molecule has 1 N–H and O–H groups in total. The van der Waals surface area contributed by atoms with Gasteiger partial charge in [0.05, 0.1) is 11.2 Å². The average molecular weight is 386 g/mol. The SMILES string of the molecule is O=C(c1ccc(F)cc1F)N1CCC(O)(CN2CCc3ccccc3C2)CC1. The standard InChI is InChI=1S/C22H24F2N2O2/c23-18-5-6-19(20(24)13-18)21(27)26-11-8-22(28,9-12-26)15-25-10-7-16-3-1-2-4-17(16)14-25/h1-6,13,28H,7-12,14-15H2. The highest BCUT2D eigenvalue weighted by Gasteiger charge is 2.36. The number of aliphatic hydroxyl groups is 1. The number of carbonyl (C=O) groups is 1. The molecule has 0 aliphatic carbocycles. The number of β-amino-alcohol motifs (C(OH)–C–C–N with tert-alkyl or cyclic N) is 1. The Morgan fingerprint density at radius 1 is 1.04 bits per heavy atom. The predicted molar refractivity (Wildman–Crippen MR) is 102 cm³/mol. The third kappa shape index (κ3) is 3.93. The van der Waals surface area contributed by atoms with Crippen molar-refractivity contribution < 1.29 is 18.7 Å². The fraction of sp³-hybridized carbons (Fsp3) is 0.409. The lowest BCUT2D eigenvalue weighted by Gasteiger charge is -2.42. The third-order valence-electron chi connectivity index (χ3n) is 5.87. The van der Waals surface area contributed by atoms with E-state index in [2.05, 4.69) is 23.1 Å². The largest absolute Gasteiger partial charge is 0.388 e. The molecular weight excluding hydrogens is 362 g/mol. The van der Waals surface area contributed by atoms with Gasteiger partial charge in [0, 0.05) is 38.8 Å². The summed E-state index contributed by atoms with van der Waals surface area (Å²) in [6.45, 7) is 3.01. The number of likely N-dealkylation sites (tertiary alicyclic amines) is 1. The Labute approximate surface area is 163 Å². The molecule has 4 nitrogen and oxygen atoms in total. The summed E-state index contributed by atoms with van der Waals surface area (Å²) in [5, 5.41) is 11.0. The molecule has 2 aromatic rings. The van der Waals surface area contributed by atoms with Gasteiger partial charge in [0.2, 0.25) is 0 Å². The minimum atomic E-state index is -0.857. The molecule has 4 rings (SSSR count). The number of hydrogen-bond acceptors (Lipinski definition) is 3. The molecular formula is C22H24F2N2O2. The van der Waals surface area contributed by atoms with Crippen molar-refractivity contribution in [2.75, 3.05) is 26.2 Å². The maximum Gasteiger partial charge on any atom is 0.256 e. The number of carbonyl (C=O) groups excluding carboxylic acids is 1. The van der Waals surface area contributed by atoms with Gasteiger partial charge in [-0.15, -0.1) is 0 Å². The molecule has 2 aromatic carbocycles. The van der Waals surface area contributed by atoms with E-state index in [1.807, 2.05) is 6.07 Å². The number of piperidine rings is 1. The molecule has 6 heteroatoms. The summed E-state index contributed by atoms with van der Waals surface area (Å²) < 4.78 is 27.0. The van der Waals surface area contributed by atoms with Gasteiger partial charge in [-0.1, -0.05) is 24.3 Å². The van der Waals surface area contributed by atoms with Crippen LogP contribution in [0.1, 0.15) is 34.3 Å². The first-order valence-electron chi connectivity index (χ1n) is 9.69. The fourth-order valence-corrected chi connectivity index (χ4v) is 4.22. The van der Waals surface area contributed by atoms with Crippen molar-refractivity contribution in [2.45, 2.75) is 31.4 Å². The monoisotopic (exact) mass is 386 g/mol. The Kier molecular flexibility index (Phi) is 5.17. The summed E-state index contributed by atoms with van der Waals surface area (Å²) in [5.41, 5.74) is 1.69. The summed E-state index contributed by atoms with van der Waals surface area (Å²) >= 11 is 0. The van der Waals surface area contributed by atoms with Gasteiger partial charge in [-0.2, -0.15) is 0 Å². The maximum absolute atomic E-state index is 13.9. The molecule has 0 saturated carbocycles. The van der Waals surface area contributed by atoms with E-state index in [9.17, 15) is 18.7 Å². The van der Waals surface area contributed by atoms with E-state index in [0.29, 0.717) is 32.5 Å². The minimum Gasteiger partial charge on any atom is -0.388 e. The van der Waals surface area contributed by atoms with Crippen molar-refractivity contribution in [3.63, 3.8) is 0 Å². The Balaban J connectivity index is 1.36. The van der Waals surface area contributed by atoms with Crippen LogP contribution < -0.4 is 0 Å². The fourth-order valence-electron chi connectivity index (χ4n) is 4.22. The molecule has 2 aliphatic rings. The highest BCUT2D eigenvalue weighted by molar-refractivity contribution is 5.94. The third-order valence-corrected chi connectivity index (χ3v) is 5.87. The second kappa shape index (κ2) is 7.60. The van der Waals surface area contributed by atoms with E-state index in [-0.39, 0.29) is 5.56 Å². The van der Waals surface area contributed by atoms with Gasteiger partial charge in [0.1, 0.15) is 11.6 Å². The summed E-state index contributed by atoms with van der Waals surface area (Å²) in [6, 6.07) is 11.4. The number of fused-ring (bicyclic) bond motifs is 1. The molecule has 0 spiro atoms. The highest BCUT2D eigenvalue weighted by Crippen LogP contribution is 2.27. The second-order valence-corrected chi connectivity index (χ2v) is 7.87. The Bertz CT molecular complexity index is 879. The van der Waals surface area contributed by atoms with Crippen molar-refractivity contribution in [3.05, 3.63) is 70.8 Å². The second-order valence-electron chi connectivity index (χ2n) is 7.87. The van der Waals surface area contributed by atoms with Crippen LogP contribution in [0.3, 0.4) is 0 Å². The van der Waals surface area contributed by atoms with Crippen molar-refractivity contribution in [1.29, 1.82) is 0 Å². The molecule has 2 heterocycles. The minimum absolute atomic E-state index is 0.125. The van der Waals surface area contributed by atoms with Crippen molar-refractivity contribution in [2.24, 2.45) is 0 Å². The summed E-state index contributed by atoms with van der Waals surface area (Å²) in [4.78, 5) is 16.3. The van der Waals surface area contributed by atoms with Crippen molar-refractivity contribution in [1.82, 2.24) is 9.80 Å². The molecule has 148 valence electrons. The van der Waals surface area contributed by atoms with E-state index in [4.69, 9.17) is 0 Å². The average Bonchev–Trinajstić information content (AvgIpc) is 2.68. The molecule has 28 heavy (non-hydrogen) atoms. The molecule has 0 atom stereocenters. The van der Waals surface area contributed by atoms with Gasteiger partial charge in [-0.3, -0.25) is 9.69 Å². The summed E-state index contributed by atoms with van der Waals surface area (Å²) in [6.07, 6.45) is 1.86. The smallest absolute Gasteiger partial charge is 0.256 e. The summed E-state index contributed by atoms with van der Waals surface area (Å²) in [7, 11) is 0. The zero-order valence-corrected chi connectivity index (χ0v) is 15.7. The maximum atomic E-state index is 13.9. The van der Waals surface area contributed by atoms with Gasteiger partial charge >= 0.3 is 0 Å². The first kappa shape index (κ1) is 19.0. The molecule has 0 aromatic heterocycles. The first-order valence-corrected chi connectivity index (χ1v) is 9.69. The van der Waals surface area contributed by atoms with Crippen molar-refractivity contribution in [3.8, 4) is 0 Å². The Hall–Kier alpha value is -2.31. The van der Waals surface area contributed by atoms with Gasteiger partial charge in [0.15, 0.2) is 0 Å². The molecule has 0 bridgehead atoms. The zero-order valence-electron chi connectivity index (χ0n) is 15.7. The van der Waals surface area contributed by atoms with Gasteiger partial charge < -0.3 is 10.0 Å². The van der Waals surface area contributed by atoms with Crippen LogP contribution in [-0.2, 0) is 13.0 Å². The van der Waals surface area contributed by atoms with Crippen LogP contribution in [0.25, 0.3) is 0 Å². The van der Waals surface area contributed by atoms with E-state index in [1.54, 1.807) is 0 Å². The number of amides is 1. The number of benzene rings is 2. The number of rotatable bonds is 3. The van der Waals surface area contributed by atoms with Gasteiger partial charge in [-0.25, -0.2) is 8.78 Å². The topological polar surface area (TPSA) is 43.8 Å². The predicted octanol–water partition coefficient (Wildman–Crippen LogP) is 2.99. The molecule has 1 saturated heterocycles. The number of hydrogen-bond donors (Lipinski definition) is 1. The van der Waals surface area contributed by atoms with E-state index < -0.39 is 23.1 Å². The molecule has 2 aliphatic heterocycles.